The molecular formula is C18H19NO3. The lowest BCUT2D eigenvalue weighted by Gasteiger charge is -2.25. The monoisotopic (exact) mass is 297 g/mol. The van der Waals surface area contributed by atoms with Crippen molar-refractivity contribution < 1.29 is 13.6 Å². The molecule has 4 nitrogen and oxygen atoms in total. The molecule has 0 spiro atoms. The predicted octanol–water partition coefficient (Wildman–Crippen LogP) is 3.47. The van der Waals surface area contributed by atoms with Gasteiger partial charge in [-0.25, -0.2) is 0 Å². The first-order valence-electron chi connectivity index (χ1n) is 7.28. The van der Waals surface area contributed by atoms with Crippen LogP contribution in [0.5, 0.6) is 0 Å². The molecule has 0 N–H and O–H groups in total. The summed E-state index contributed by atoms with van der Waals surface area (Å²) in [5.41, 5.74) is 1.47. The van der Waals surface area contributed by atoms with Gasteiger partial charge in [0.25, 0.3) is 0 Å². The van der Waals surface area contributed by atoms with Crippen molar-refractivity contribution in [2.75, 3.05) is 20.1 Å². The largest absolute Gasteiger partial charge is 0.462 e. The van der Waals surface area contributed by atoms with Crippen LogP contribution in [-0.4, -0.2) is 30.8 Å². The molecule has 0 saturated carbocycles. The molecule has 2 aromatic heterocycles. The molecule has 3 heterocycles. The maximum Gasteiger partial charge on any atom is 0.187 e. The number of piperidine rings is 1. The lowest BCUT2D eigenvalue weighted by Crippen LogP contribution is -2.34. The zero-order valence-corrected chi connectivity index (χ0v) is 13.1. The van der Waals surface area contributed by atoms with Crippen LogP contribution in [-0.2, 0) is 4.79 Å². The average molecular weight is 297 g/mol. The molecule has 0 radical (unpaired) electrons. The Kier molecular flexibility index (Phi) is 3.86. The zero-order chi connectivity index (χ0) is 15.7. The Morgan fingerprint density at radius 1 is 0.909 bits per heavy atom. The summed E-state index contributed by atoms with van der Waals surface area (Å²) in [5.74, 6) is 3.16. The quantitative estimate of drug-likeness (QED) is 0.796. The summed E-state index contributed by atoms with van der Waals surface area (Å²) in [7, 11) is 1.99. The smallest absolute Gasteiger partial charge is 0.187 e. The third-order valence-corrected chi connectivity index (χ3v) is 3.62. The van der Waals surface area contributed by atoms with E-state index in [9.17, 15) is 4.79 Å². The Morgan fingerprint density at radius 2 is 1.36 bits per heavy atom. The van der Waals surface area contributed by atoms with Gasteiger partial charge in [-0.05, 0) is 57.3 Å². The summed E-state index contributed by atoms with van der Waals surface area (Å²) in [5, 5.41) is 0. The fourth-order valence-corrected chi connectivity index (χ4v) is 2.62. The van der Waals surface area contributed by atoms with Gasteiger partial charge < -0.3 is 8.83 Å². The molecule has 0 unspecified atom stereocenters. The molecule has 4 heteroatoms. The van der Waals surface area contributed by atoms with Gasteiger partial charge in [-0.2, -0.15) is 0 Å². The van der Waals surface area contributed by atoms with Gasteiger partial charge in [-0.3, -0.25) is 9.69 Å². The first kappa shape index (κ1) is 14.6. The van der Waals surface area contributed by atoms with E-state index in [2.05, 4.69) is 4.90 Å². The maximum absolute atomic E-state index is 12.6. The number of hydrogen-bond acceptors (Lipinski definition) is 4. The SMILES string of the molecule is Cc1ccc(C=C2CN(C)CC(=Cc3ccc(C)o3)C2=O)o1. The van der Waals surface area contributed by atoms with E-state index in [-0.39, 0.29) is 5.78 Å². The number of hydrogen-bond donors (Lipinski definition) is 0. The van der Waals surface area contributed by atoms with Crippen LogP contribution in [0.15, 0.2) is 44.2 Å². The Labute approximate surface area is 129 Å². The number of aryl methyl sites for hydroxylation is 2. The van der Waals surface area contributed by atoms with Crippen molar-refractivity contribution in [3.05, 3.63) is 58.5 Å². The van der Waals surface area contributed by atoms with Crippen LogP contribution in [0, 0.1) is 13.8 Å². The Hall–Kier alpha value is -2.33. The summed E-state index contributed by atoms with van der Waals surface area (Å²) in [6, 6.07) is 7.55. The Balaban J connectivity index is 1.91. The van der Waals surface area contributed by atoms with Crippen molar-refractivity contribution in [1.82, 2.24) is 4.90 Å². The van der Waals surface area contributed by atoms with Crippen molar-refractivity contribution in [1.29, 1.82) is 0 Å². The minimum atomic E-state index is 0.0567. The van der Waals surface area contributed by atoms with Crippen LogP contribution in [0.4, 0.5) is 0 Å². The van der Waals surface area contributed by atoms with Crippen molar-refractivity contribution in [2.45, 2.75) is 13.8 Å². The second-order valence-electron chi connectivity index (χ2n) is 5.74. The molecule has 0 amide bonds. The minimum absolute atomic E-state index is 0.0567. The Bertz CT molecular complexity index is 699. The van der Waals surface area contributed by atoms with Crippen LogP contribution in [0.3, 0.4) is 0 Å². The van der Waals surface area contributed by atoms with Crippen LogP contribution in [0.2, 0.25) is 0 Å². The van der Waals surface area contributed by atoms with E-state index in [1.54, 1.807) is 0 Å². The van der Waals surface area contributed by atoms with Gasteiger partial charge in [-0.1, -0.05) is 0 Å². The van der Waals surface area contributed by atoms with Crippen molar-refractivity contribution in [2.24, 2.45) is 0 Å². The molecule has 22 heavy (non-hydrogen) atoms. The Morgan fingerprint density at radius 3 is 1.73 bits per heavy atom. The topological polar surface area (TPSA) is 46.6 Å². The third-order valence-electron chi connectivity index (χ3n) is 3.62. The van der Waals surface area contributed by atoms with Gasteiger partial charge in [0, 0.05) is 24.2 Å². The molecular weight excluding hydrogens is 278 g/mol. The zero-order valence-electron chi connectivity index (χ0n) is 13.1. The van der Waals surface area contributed by atoms with E-state index in [1.165, 1.54) is 0 Å². The van der Waals surface area contributed by atoms with Crippen LogP contribution in [0.1, 0.15) is 23.0 Å². The minimum Gasteiger partial charge on any atom is -0.462 e. The number of Topliss-reactive ketones (excluding diaryl/α,β-unsaturated/α-hetero) is 1. The highest BCUT2D eigenvalue weighted by Crippen LogP contribution is 2.22. The number of rotatable bonds is 2. The van der Waals surface area contributed by atoms with Gasteiger partial charge in [0.15, 0.2) is 5.78 Å². The highest BCUT2D eigenvalue weighted by Gasteiger charge is 2.24. The number of nitrogens with zero attached hydrogens (tertiary/aromatic N) is 1. The van der Waals surface area contributed by atoms with Gasteiger partial charge in [0.1, 0.15) is 23.0 Å². The van der Waals surface area contributed by atoms with Gasteiger partial charge >= 0.3 is 0 Å². The molecule has 1 fully saturated rings. The molecule has 1 aliphatic heterocycles. The summed E-state index contributed by atoms with van der Waals surface area (Å²) < 4.78 is 11.1. The maximum atomic E-state index is 12.6. The highest BCUT2D eigenvalue weighted by atomic mass is 16.3. The van der Waals surface area contributed by atoms with E-state index >= 15 is 0 Å². The summed E-state index contributed by atoms with van der Waals surface area (Å²) in [4.78, 5) is 14.7. The van der Waals surface area contributed by atoms with Gasteiger partial charge in [0.05, 0.1) is 0 Å². The lowest BCUT2D eigenvalue weighted by atomic mass is 9.96. The van der Waals surface area contributed by atoms with E-state index < -0.39 is 0 Å². The summed E-state index contributed by atoms with van der Waals surface area (Å²) >= 11 is 0. The predicted molar refractivity (Wildman–Crippen MR) is 85.3 cm³/mol. The second kappa shape index (κ2) is 5.81. The third kappa shape index (κ3) is 3.12. The molecule has 0 atom stereocenters. The van der Waals surface area contributed by atoms with Gasteiger partial charge in [0.2, 0.25) is 0 Å². The summed E-state index contributed by atoms with van der Waals surface area (Å²) in [6.45, 7) is 5.02. The van der Waals surface area contributed by atoms with E-state index in [4.69, 9.17) is 8.83 Å². The lowest BCUT2D eigenvalue weighted by molar-refractivity contribution is -0.113. The average Bonchev–Trinajstić information content (AvgIpc) is 3.04. The fourth-order valence-electron chi connectivity index (χ4n) is 2.62. The number of likely N-dealkylation sites (N-methyl/N-ethyl adjacent to an activating group) is 1. The van der Waals surface area contributed by atoms with Crippen LogP contribution in [0.25, 0.3) is 12.2 Å². The molecule has 0 bridgehead atoms. The number of ketones is 1. The van der Waals surface area contributed by atoms with Crippen molar-refractivity contribution in [3.63, 3.8) is 0 Å². The van der Waals surface area contributed by atoms with Gasteiger partial charge in [-0.15, -0.1) is 0 Å². The van der Waals surface area contributed by atoms with Crippen molar-refractivity contribution >= 4 is 17.9 Å². The first-order valence-corrected chi connectivity index (χ1v) is 7.28. The molecule has 2 aromatic rings. The fraction of sp³-hybridized carbons (Fsp3) is 0.278. The summed E-state index contributed by atoms with van der Waals surface area (Å²) in [6.07, 6.45) is 3.65. The first-order chi connectivity index (χ1) is 10.5. The number of likely N-dealkylation sites (tertiary alicyclic amines) is 1. The molecule has 3 rings (SSSR count). The van der Waals surface area contributed by atoms with Crippen LogP contribution < -0.4 is 0 Å². The van der Waals surface area contributed by atoms with Crippen molar-refractivity contribution in [3.8, 4) is 0 Å². The van der Waals surface area contributed by atoms with E-state index in [0.717, 1.165) is 22.7 Å². The van der Waals surface area contributed by atoms with Crippen LogP contribution >= 0.6 is 0 Å². The molecule has 0 aliphatic carbocycles. The molecule has 114 valence electrons. The number of furan rings is 2. The molecule has 0 aromatic carbocycles. The second-order valence-corrected chi connectivity index (χ2v) is 5.74. The highest BCUT2D eigenvalue weighted by molar-refractivity contribution is 6.14. The van der Waals surface area contributed by atoms with E-state index in [1.807, 2.05) is 57.3 Å². The molecule has 1 aliphatic rings. The van der Waals surface area contributed by atoms with E-state index in [0.29, 0.717) is 24.6 Å². The number of carbonyl (C=O) groups is 1. The normalized spacial score (nSPS) is 20.2. The standard InChI is InChI=1S/C18H19NO3/c1-12-4-6-16(21-12)8-14-10-19(3)11-15(18(14)20)9-17-7-5-13(2)22-17/h4-9H,10-11H2,1-3H3. The molecule has 1 saturated heterocycles. The number of carbonyl (C=O) groups excluding carboxylic acids is 1.